The fourth-order valence-electron chi connectivity index (χ4n) is 2.66. The Balaban J connectivity index is 0.00000192. The maximum atomic E-state index is 12.1. The van der Waals surface area contributed by atoms with Crippen molar-refractivity contribution in [1.29, 1.82) is 0 Å². The minimum absolute atomic E-state index is 0. The molecule has 9 heteroatoms. The SMILES string of the molecule is Cl.N[C@H]1C[C@H](C(=O)NCc2nnnn2-c2ccccc2)C[C@@H]1O. The summed E-state index contributed by atoms with van der Waals surface area (Å²) in [7, 11) is 0. The van der Waals surface area contributed by atoms with Gasteiger partial charge in [0.05, 0.1) is 18.3 Å². The molecule has 8 nitrogen and oxygen atoms in total. The molecule has 124 valence electrons. The van der Waals surface area contributed by atoms with E-state index in [1.54, 1.807) is 4.68 Å². The Morgan fingerprint density at radius 2 is 2.09 bits per heavy atom. The maximum absolute atomic E-state index is 12.1. The number of benzene rings is 1. The summed E-state index contributed by atoms with van der Waals surface area (Å²) in [6.45, 7) is 0.225. The number of aromatic nitrogens is 4. The van der Waals surface area contributed by atoms with Crippen molar-refractivity contribution >= 4 is 18.3 Å². The van der Waals surface area contributed by atoms with Crippen LogP contribution < -0.4 is 11.1 Å². The van der Waals surface area contributed by atoms with Gasteiger partial charge in [-0.15, -0.1) is 17.5 Å². The van der Waals surface area contributed by atoms with E-state index in [1.807, 2.05) is 30.3 Å². The van der Waals surface area contributed by atoms with E-state index < -0.39 is 6.10 Å². The Kier molecular flexibility index (Phi) is 5.64. The number of tetrazole rings is 1. The number of nitrogens with zero attached hydrogens (tertiary/aromatic N) is 4. The molecule has 1 heterocycles. The molecular formula is C14H19ClN6O2. The predicted octanol–water partition coefficient (Wildman–Crippen LogP) is -0.202. The number of hydrogen-bond donors (Lipinski definition) is 3. The Bertz CT molecular complexity index is 640. The summed E-state index contributed by atoms with van der Waals surface area (Å²) in [5.74, 6) is 0.156. The van der Waals surface area contributed by atoms with Gasteiger partial charge in [0.1, 0.15) is 0 Å². The number of nitrogens with one attached hydrogen (secondary N) is 1. The number of nitrogens with two attached hydrogens (primary N) is 1. The predicted molar refractivity (Wildman–Crippen MR) is 85.0 cm³/mol. The number of para-hydroxylation sites is 1. The van der Waals surface area contributed by atoms with Crippen molar-refractivity contribution in [2.24, 2.45) is 11.7 Å². The van der Waals surface area contributed by atoms with Crippen LogP contribution in [0.25, 0.3) is 5.69 Å². The van der Waals surface area contributed by atoms with Crippen molar-refractivity contribution in [2.75, 3.05) is 0 Å². The lowest BCUT2D eigenvalue weighted by Gasteiger charge is -2.10. The molecule has 1 fully saturated rings. The number of carbonyl (C=O) groups is 1. The number of amides is 1. The Hall–Kier alpha value is -2.03. The highest BCUT2D eigenvalue weighted by Gasteiger charge is 2.34. The highest BCUT2D eigenvalue weighted by atomic mass is 35.5. The molecule has 0 saturated heterocycles. The van der Waals surface area contributed by atoms with E-state index in [1.165, 1.54) is 0 Å². The first-order valence-corrected chi connectivity index (χ1v) is 7.19. The average Bonchev–Trinajstić information content (AvgIpc) is 3.13. The summed E-state index contributed by atoms with van der Waals surface area (Å²) in [6, 6.07) is 9.12. The van der Waals surface area contributed by atoms with Gasteiger partial charge in [-0.3, -0.25) is 4.79 Å². The van der Waals surface area contributed by atoms with Gasteiger partial charge >= 0.3 is 0 Å². The molecule has 1 aromatic carbocycles. The summed E-state index contributed by atoms with van der Waals surface area (Å²) in [5.41, 5.74) is 6.56. The molecule has 0 unspecified atom stereocenters. The fraction of sp³-hybridized carbons (Fsp3) is 0.429. The van der Waals surface area contributed by atoms with E-state index in [-0.39, 0.29) is 36.8 Å². The molecule has 2 aromatic rings. The summed E-state index contributed by atoms with van der Waals surface area (Å²) < 4.78 is 1.58. The number of halogens is 1. The van der Waals surface area contributed by atoms with Crippen LogP contribution in [0.5, 0.6) is 0 Å². The minimum Gasteiger partial charge on any atom is -0.391 e. The lowest BCUT2D eigenvalue weighted by molar-refractivity contribution is -0.125. The van der Waals surface area contributed by atoms with Crippen molar-refractivity contribution < 1.29 is 9.90 Å². The zero-order valence-electron chi connectivity index (χ0n) is 12.4. The summed E-state index contributed by atoms with van der Waals surface area (Å²) in [6.07, 6.45) is 0.290. The number of hydrogen-bond acceptors (Lipinski definition) is 6. The molecule has 1 aliphatic rings. The molecule has 3 atom stereocenters. The number of rotatable bonds is 4. The molecule has 3 rings (SSSR count). The van der Waals surface area contributed by atoms with E-state index in [2.05, 4.69) is 20.8 Å². The molecule has 0 radical (unpaired) electrons. The van der Waals surface area contributed by atoms with E-state index in [4.69, 9.17) is 5.73 Å². The Morgan fingerprint density at radius 3 is 2.74 bits per heavy atom. The summed E-state index contributed by atoms with van der Waals surface area (Å²) in [5, 5.41) is 23.9. The van der Waals surface area contributed by atoms with Crippen LogP contribution in [-0.2, 0) is 11.3 Å². The molecule has 0 spiro atoms. The first kappa shape index (κ1) is 17.3. The summed E-state index contributed by atoms with van der Waals surface area (Å²) in [4.78, 5) is 12.1. The van der Waals surface area contributed by atoms with Crippen molar-refractivity contribution in [1.82, 2.24) is 25.5 Å². The Morgan fingerprint density at radius 1 is 1.35 bits per heavy atom. The van der Waals surface area contributed by atoms with E-state index in [0.29, 0.717) is 18.7 Å². The molecule has 1 saturated carbocycles. The topological polar surface area (TPSA) is 119 Å². The highest BCUT2D eigenvalue weighted by molar-refractivity contribution is 5.85. The molecule has 1 aromatic heterocycles. The minimum atomic E-state index is -0.606. The quantitative estimate of drug-likeness (QED) is 0.710. The van der Waals surface area contributed by atoms with Crippen LogP contribution in [0.1, 0.15) is 18.7 Å². The monoisotopic (exact) mass is 338 g/mol. The van der Waals surface area contributed by atoms with Gasteiger partial charge < -0.3 is 16.2 Å². The van der Waals surface area contributed by atoms with Crippen molar-refractivity contribution in [3.05, 3.63) is 36.2 Å². The van der Waals surface area contributed by atoms with Gasteiger partial charge in [0.15, 0.2) is 5.82 Å². The van der Waals surface area contributed by atoms with Crippen LogP contribution in [0.15, 0.2) is 30.3 Å². The third kappa shape index (κ3) is 3.84. The van der Waals surface area contributed by atoms with Gasteiger partial charge in [-0.05, 0) is 35.4 Å². The van der Waals surface area contributed by atoms with Gasteiger partial charge in [-0.25, -0.2) is 0 Å². The lowest BCUT2D eigenvalue weighted by atomic mass is 10.1. The van der Waals surface area contributed by atoms with Gasteiger partial charge in [-0.2, -0.15) is 4.68 Å². The van der Waals surface area contributed by atoms with Crippen LogP contribution in [0, 0.1) is 5.92 Å². The molecule has 0 bridgehead atoms. The highest BCUT2D eigenvalue weighted by Crippen LogP contribution is 2.24. The largest absolute Gasteiger partial charge is 0.391 e. The zero-order chi connectivity index (χ0) is 15.5. The molecule has 4 N–H and O–H groups in total. The lowest BCUT2D eigenvalue weighted by Crippen LogP contribution is -2.31. The van der Waals surface area contributed by atoms with Crippen molar-refractivity contribution in [2.45, 2.75) is 31.5 Å². The standard InChI is InChI=1S/C14H18N6O2.ClH/c15-11-6-9(7-12(11)21)14(22)16-8-13-17-18-19-20(13)10-4-2-1-3-5-10;/h1-5,9,11-12,21H,6-8,15H2,(H,16,22);1H/t9-,11-,12-;/m0./s1. The molecule has 1 aliphatic carbocycles. The van der Waals surface area contributed by atoms with Crippen LogP contribution in [0.4, 0.5) is 0 Å². The first-order chi connectivity index (χ1) is 10.6. The average molecular weight is 339 g/mol. The normalized spacial score (nSPS) is 23.3. The fourth-order valence-corrected chi connectivity index (χ4v) is 2.66. The molecular weight excluding hydrogens is 320 g/mol. The van der Waals surface area contributed by atoms with Crippen LogP contribution in [0.2, 0.25) is 0 Å². The second kappa shape index (κ2) is 7.49. The van der Waals surface area contributed by atoms with Crippen LogP contribution in [-0.4, -0.2) is 43.4 Å². The molecule has 23 heavy (non-hydrogen) atoms. The smallest absolute Gasteiger partial charge is 0.223 e. The van der Waals surface area contributed by atoms with Gasteiger partial charge in [-0.1, -0.05) is 18.2 Å². The van der Waals surface area contributed by atoms with Crippen molar-refractivity contribution in [3.63, 3.8) is 0 Å². The van der Waals surface area contributed by atoms with Crippen LogP contribution >= 0.6 is 12.4 Å². The second-order valence-electron chi connectivity index (χ2n) is 5.46. The zero-order valence-corrected chi connectivity index (χ0v) is 13.2. The Labute approximate surface area is 139 Å². The van der Waals surface area contributed by atoms with Gasteiger partial charge in [0.25, 0.3) is 0 Å². The number of carbonyl (C=O) groups excluding carboxylic acids is 1. The number of aliphatic hydroxyl groups excluding tert-OH is 1. The van der Waals surface area contributed by atoms with E-state index in [0.717, 1.165) is 5.69 Å². The molecule has 0 aliphatic heterocycles. The molecule has 1 amide bonds. The van der Waals surface area contributed by atoms with Crippen molar-refractivity contribution in [3.8, 4) is 5.69 Å². The van der Waals surface area contributed by atoms with Gasteiger partial charge in [0.2, 0.25) is 5.91 Å². The second-order valence-corrected chi connectivity index (χ2v) is 5.46. The van der Waals surface area contributed by atoms with Gasteiger partial charge in [0, 0.05) is 12.0 Å². The summed E-state index contributed by atoms with van der Waals surface area (Å²) >= 11 is 0. The van der Waals surface area contributed by atoms with E-state index in [9.17, 15) is 9.90 Å². The first-order valence-electron chi connectivity index (χ1n) is 7.19. The van der Waals surface area contributed by atoms with Crippen LogP contribution in [0.3, 0.4) is 0 Å². The third-order valence-corrected chi connectivity index (χ3v) is 3.90. The van der Waals surface area contributed by atoms with E-state index >= 15 is 0 Å². The third-order valence-electron chi connectivity index (χ3n) is 3.90. The maximum Gasteiger partial charge on any atom is 0.223 e. The number of aliphatic hydroxyl groups is 1.